The van der Waals surface area contributed by atoms with Crippen molar-refractivity contribution in [1.29, 1.82) is 0 Å². The molecule has 31 heavy (non-hydrogen) atoms. The number of nitrogens with one attached hydrogen (secondary N) is 4. The number of rotatable bonds is 9. The second kappa shape index (κ2) is 11.4. The van der Waals surface area contributed by atoms with E-state index in [0.717, 1.165) is 5.56 Å². The van der Waals surface area contributed by atoms with Crippen molar-refractivity contribution in [2.45, 2.75) is 30.9 Å². The van der Waals surface area contributed by atoms with Gasteiger partial charge in [0.1, 0.15) is 11.2 Å². The molecule has 164 valence electrons. The molecule has 1 fully saturated rings. The molecule has 0 radical (unpaired) electrons. The zero-order chi connectivity index (χ0) is 22.1. The number of benzene rings is 2. The Balaban J connectivity index is 1.42. The van der Waals surface area contributed by atoms with Crippen LogP contribution in [0.3, 0.4) is 0 Å². The monoisotopic (exact) mass is 442 g/mol. The molecule has 8 nitrogen and oxygen atoms in total. The van der Waals surface area contributed by atoms with Gasteiger partial charge in [-0.25, -0.2) is 0 Å². The molecular formula is C22H26N4O4S. The molecule has 1 aliphatic rings. The van der Waals surface area contributed by atoms with E-state index in [-0.39, 0.29) is 42.4 Å². The first kappa shape index (κ1) is 22.6. The second-order valence-corrected chi connectivity index (χ2v) is 8.17. The molecule has 9 heteroatoms. The highest BCUT2D eigenvalue weighted by Gasteiger charge is 2.28. The van der Waals surface area contributed by atoms with E-state index in [4.69, 9.17) is 4.74 Å². The Labute approximate surface area is 185 Å². The summed E-state index contributed by atoms with van der Waals surface area (Å²) in [5.41, 5.74) is 1.21. The van der Waals surface area contributed by atoms with E-state index in [1.54, 1.807) is 31.4 Å². The topological polar surface area (TPSA) is 109 Å². The number of carbonyl (C=O) groups excluding carboxylic acids is 3. The maximum absolute atomic E-state index is 12.3. The molecule has 1 saturated heterocycles. The van der Waals surface area contributed by atoms with E-state index in [0.29, 0.717) is 18.0 Å². The van der Waals surface area contributed by atoms with Crippen LogP contribution in [0.5, 0.6) is 5.75 Å². The first-order valence-electron chi connectivity index (χ1n) is 9.93. The molecule has 1 aliphatic heterocycles. The predicted octanol–water partition coefficient (Wildman–Crippen LogP) is 1.84. The van der Waals surface area contributed by atoms with E-state index in [1.165, 1.54) is 11.8 Å². The fourth-order valence-corrected chi connectivity index (χ4v) is 4.01. The molecule has 2 aromatic rings. The minimum absolute atomic E-state index is 0.129. The Kier molecular flexibility index (Phi) is 8.31. The zero-order valence-electron chi connectivity index (χ0n) is 17.2. The molecule has 2 unspecified atom stereocenters. The average molecular weight is 443 g/mol. The van der Waals surface area contributed by atoms with Gasteiger partial charge in [0.2, 0.25) is 17.7 Å². The highest BCUT2D eigenvalue weighted by molar-refractivity contribution is 8.00. The van der Waals surface area contributed by atoms with Crippen LogP contribution in [0.4, 0.5) is 5.69 Å². The number of carbonyl (C=O) groups is 3. The van der Waals surface area contributed by atoms with E-state index in [2.05, 4.69) is 21.3 Å². The van der Waals surface area contributed by atoms with E-state index < -0.39 is 5.50 Å². The van der Waals surface area contributed by atoms with Crippen molar-refractivity contribution in [3.8, 4) is 5.75 Å². The fourth-order valence-electron chi connectivity index (χ4n) is 3.11. The number of amides is 3. The molecule has 0 aromatic heterocycles. The van der Waals surface area contributed by atoms with Gasteiger partial charge in [-0.05, 0) is 17.7 Å². The summed E-state index contributed by atoms with van der Waals surface area (Å²) < 4.78 is 5.14. The largest absolute Gasteiger partial charge is 0.497 e. The van der Waals surface area contributed by atoms with Crippen LogP contribution in [0, 0.1) is 0 Å². The first-order chi connectivity index (χ1) is 15.0. The molecule has 0 saturated carbocycles. The third-order valence-electron chi connectivity index (χ3n) is 4.61. The summed E-state index contributed by atoms with van der Waals surface area (Å²) in [6.45, 7) is 0.446. The predicted molar refractivity (Wildman–Crippen MR) is 120 cm³/mol. The quantitative estimate of drug-likeness (QED) is 0.472. The lowest BCUT2D eigenvalue weighted by atomic mass is 10.1. The molecule has 1 heterocycles. The van der Waals surface area contributed by atoms with Crippen LogP contribution in [0.25, 0.3) is 0 Å². The standard InChI is InChI=1S/C22H26N4O4S/c1-30-18-9-5-8-16(10-18)24-21(29)14-31-22-25-17(12-20(28)26-22)11-19(27)23-13-15-6-3-2-4-7-15/h2-10,17,22,25H,11-14H2,1H3,(H,23,27)(H,24,29)(H,26,28). The highest BCUT2D eigenvalue weighted by atomic mass is 32.2. The summed E-state index contributed by atoms with van der Waals surface area (Å²) in [6, 6.07) is 16.4. The summed E-state index contributed by atoms with van der Waals surface area (Å²) in [6.07, 6.45) is 0.402. The van der Waals surface area contributed by atoms with Crippen molar-refractivity contribution in [3.63, 3.8) is 0 Å². The number of methoxy groups -OCH3 is 1. The van der Waals surface area contributed by atoms with Crippen LogP contribution >= 0.6 is 11.8 Å². The van der Waals surface area contributed by atoms with Crippen LogP contribution in [-0.4, -0.2) is 42.1 Å². The summed E-state index contributed by atoms with van der Waals surface area (Å²) in [7, 11) is 1.56. The molecule has 0 aliphatic carbocycles. The second-order valence-electron chi connectivity index (χ2n) is 7.07. The van der Waals surface area contributed by atoms with Gasteiger partial charge in [0.05, 0.1) is 12.9 Å². The molecule has 4 N–H and O–H groups in total. The van der Waals surface area contributed by atoms with Gasteiger partial charge in [0.15, 0.2) is 0 Å². The molecule has 0 bridgehead atoms. The number of thioether (sulfide) groups is 1. The molecule has 0 spiro atoms. The van der Waals surface area contributed by atoms with Crippen molar-refractivity contribution in [2.24, 2.45) is 0 Å². The van der Waals surface area contributed by atoms with E-state index >= 15 is 0 Å². The smallest absolute Gasteiger partial charge is 0.234 e. The van der Waals surface area contributed by atoms with Crippen molar-refractivity contribution >= 4 is 35.2 Å². The van der Waals surface area contributed by atoms with Crippen molar-refractivity contribution in [2.75, 3.05) is 18.2 Å². The molecule has 2 aromatic carbocycles. The van der Waals surface area contributed by atoms with Gasteiger partial charge in [-0.1, -0.05) is 36.4 Å². The number of hydrogen-bond donors (Lipinski definition) is 4. The zero-order valence-corrected chi connectivity index (χ0v) is 18.0. The van der Waals surface area contributed by atoms with Crippen molar-refractivity contribution < 1.29 is 19.1 Å². The minimum Gasteiger partial charge on any atom is -0.497 e. The fraction of sp³-hybridized carbons (Fsp3) is 0.318. The Hall–Kier alpha value is -3.04. The van der Waals surface area contributed by atoms with Gasteiger partial charge in [0, 0.05) is 37.2 Å². The van der Waals surface area contributed by atoms with E-state index in [1.807, 2.05) is 30.3 Å². The van der Waals surface area contributed by atoms with Gasteiger partial charge in [-0.15, -0.1) is 11.8 Å². The van der Waals surface area contributed by atoms with Gasteiger partial charge in [0.25, 0.3) is 0 Å². The Bertz CT molecular complexity index is 909. The van der Waals surface area contributed by atoms with Crippen LogP contribution in [-0.2, 0) is 20.9 Å². The van der Waals surface area contributed by atoms with Gasteiger partial charge in [-0.2, -0.15) is 0 Å². The summed E-state index contributed by atoms with van der Waals surface area (Å²) in [4.78, 5) is 36.5. The lowest BCUT2D eigenvalue weighted by Gasteiger charge is -2.30. The number of hydrogen-bond acceptors (Lipinski definition) is 6. The molecular weight excluding hydrogens is 416 g/mol. The summed E-state index contributed by atoms with van der Waals surface area (Å²) in [5, 5.41) is 11.7. The number of anilines is 1. The first-order valence-corrected chi connectivity index (χ1v) is 11.0. The Morgan fingerprint density at radius 3 is 2.71 bits per heavy atom. The third-order valence-corrected chi connectivity index (χ3v) is 5.63. The van der Waals surface area contributed by atoms with Crippen LogP contribution in [0.15, 0.2) is 54.6 Å². The van der Waals surface area contributed by atoms with E-state index in [9.17, 15) is 14.4 Å². The maximum Gasteiger partial charge on any atom is 0.234 e. The number of ether oxygens (including phenoxy) is 1. The van der Waals surface area contributed by atoms with Crippen LogP contribution < -0.4 is 26.0 Å². The van der Waals surface area contributed by atoms with Crippen molar-refractivity contribution in [3.05, 3.63) is 60.2 Å². The summed E-state index contributed by atoms with van der Waals surface area (Å²) in [5.74, 6) is 0.320. The molecule has 3 rings (SSSR count). The maximum atomic E-state index is 12.3. The van der Waals surface area contributed by atoms with Gasteiger partial charge in [-0.3, -0.25) is 19.7 Å². The highest BCUT2D eigenvalue weighted by Crippen LogP contribution is 2.18. The Morgan fingerprint density at radius 2 is 1.94 bits per heavy atom. The molecule has 3 amide bonds. The lowest BCUT2D eigenvalue weighted by Crippen LogP contribution is -2.56. The summed E-state index contributed by atoms with van der Waals surface area (Å²) >= 11 is 1.26. The van der Waals surface area contributed by atoms with Crippen LogP contribution in [0.1, 0.15) is 18.4 Å². The van der Waals surface area contributed by atoms with Gasteiger partial charge >= 0.3 is 0 Å². The SMILES string of the molecule is COc1cccc(NC(=O)CSC2NC(=O)CC(CC(=O)NCc3ccccc3)N2)c1. The Morgan fingerprint density at radius 1 is 1.13 bits per heavy atom. The minimum atomic E-state index is -0.441. The lowest BCUT2D eigenvalue weighted by molar-refractivity contribution is -0.125. The molecule has 2 atom stereocenters. The van der Waals surface area contributed by atoms with Crippen molar-refractivity contribution in [1.82, 2.24) is 16.0 Å². The normalized spacial score (nSPS) is 18.0. The van der Waals surface area contributed by atoms with Gasteiger partial charge < -0.3 is 20.7 Å². The van der Waals surface area contributed by atoms with Crippen LogP contribution in [0.2, 0.25) is 0 Å². The third kappa shape index (κ3) is 7.62. The average Bonchev–Trinajstić information content (AvgIpc) is 2.77.